The maximum absolute atomic E-state index is 12.1. The minimum Gasteiger partial charge on any atom is -0.454 e. The van der Waals surface area contributed by atoms with Crippen molar-refractivity contribution < 1.29 is 18.4 Å². The molecule has 0 radical (unpaired) electrons. The Morgan fingerprint density at radius 3 is 3.27 bits per heavy atom. The third-order valence-electron chi connectivity index (χ3n) is 2.16. The summed E-state index contributed by atoms with van der Waals surface area (Å²) in [6.07, 6.45) is 0. The molecular weight excluding hydrogens is 194 g/mol. The Morgan fingerprint density at radius 2 is 2.47 bits per heavy atom. The summed E-state index contributed by atoms with van der Waals surface area (Å²) in [4.78, 5) is 12.1. The molecule has 2 rings (SSSR count). The van der Waals surface area contributed by atoms with E-state index in [-0.39, 0.29) is 12.6 Å². The van der Waals surface area contributed by atoms with E-state index in [2.05, 4.69) is 5.32 Å². The third-order valence-corrected chi connectivity index (χ3v) is 2.16. The average Bonchev–Trinajstić information content (AvgIpc) is 2.66. The van der Waals surface area contributed by atoms with Crippen LogP contribution < -0.4 is 14.8 Å². The molecular formula is C11H13NO3. The summed E-state index contributed by atoms with van der Waals surface area (Å²) in [7, 11) is -0.217. The molecule has 15 heavy (non-hydrogen) atoms. The lowest BCUT2D eigenvalue weighted by atomic mass is 10.1. The largest absolute Gasteiger partial charge is 0.454 e. The van der Waals surface area contributed by atoms with Crippen molar-refractivity contribution in [1.29, 1.82) is 0 Å². The molecule has 0 fully saturated rings. The number of likely N-dealkylation sites (N-methyl/N-ethyl adjacent to an activating group) is 1. The van der Waals surface area contributed by atoms with Gasteiger partial charge in [0.25, 0.3) is 0 Å². The summed E-state index contributed by atoms with van der Waals surface area (Å²) in [6, 6.07) is 2.94. The van der Waals surface area contributed by atoms with Crippen molar-refractivity contribution in [2.24, 2.45) is 0 Å². The minimum absolute atomic E-state index is 0.217. The fourth-order valence-electron chi connectivity index (χ4n) is 1.26. The topological polar surface area (TPSA) is 47.6 Å². The van der Waals surface area contributed by atoms with E-state index >= 15 is 0 Å². The number of Topliss-reactive ketones (excluding diaryl/α,β-unsaturated/α-hetero) is 1. The van der Waals surface area contributed by atoms with Crippen molar-refractivity contribution in [2.45, 2.75) is 12.9 Å². The Labute approximate surface area is 92.4 Å². The number of rotatable bonds is 3. The summed E-state index contributed by atoms with van der Waals surface area (Å²) in [6.45, 7) is 0.279. The quantitative estimate of drug-likeness (QED) is 0.762. The molecule has 0 saturated heterocycles. The Kier molecular flexibility index (Phi) is 1.78. The molecule has 0 aliphatic carbocycles. The summed E-state index contributed by atoms with van der Waals surface area (Å²) in [5, 5.41) is 2.47. The molecule has 0 aromatic heterocycles. The molecule has 1 aliphatic heterocycles. The molecule has 1 heterocycles. The van der Waals surface area contributed by atoms with Crippen LogP contribution in [0.2, 0.25) is 0 Å². The number of nitrogens with one attached hydrogen (secondary N) is 1. The van der Waals surface area contributed by atoms with Crippen molar-refractivity contribution in [3.8, 4) is 11.5 Å². The van der Waals surface area contributed by atoms with Gasteiger partial charge in [0.1, 0.15) is 1.37 Å². The number of fused-ring (bicyclic) bond motifs is 1. The van der Waals surface area contributed by atoms with Crippen LogP contribution in [0.15, 0.2) is 18.2 Å². The van der Waals surface area contributed by atoms with Gasteiger partial charge in [-0.1, -0.05) is 0 Å². The summed E-state index contributed by atoms with van der Waals surface area (Å²) in [5.74, 6) is 0.267. The van der Waals surface area contributed by atoms with Crippen LogP contribution in [0.4, 0.5) is 0 Å². The van der Waals surface area contributed by atoms with Crippen LogP contribution in [0.25, 0.3) is 0 Å². The zero-order chi connectivity index (χ0) is 13.3. The Morgan fingerprint density at radius 1 is 1.67 bits per heavy atom. The Hall–Kier alpha value is -1.55. The maximum Gasteiger partial charge on any atom is 0.231 e. The lowest BCUT2D eigenvalue weighted by Gasteiger charge is -2.09. The number of carbonyl (C=O) groups excluding carboxylic acids is 1. The second-order valence-corrected chi connectivity index (χ2v) is 3.12. The molecule has 1 N–H and O–H groups in total. The fourth-order valence-corrected chi connectivity index (χ4v) is 1.26. The molecule has 2 atom stereocenters. The van der Waals surface area contributed by atoms with Gasteiger partial charge < -0.3 is 14.8 Å². The smallest absolute Gasteiger partial charge is 0.231 e. The first-order valence-electron chi connectivity index (χ1n) is 6.21. The molecule has 2 unspecified atom stereocenters. The highest BCUT2D eigenvalue weighted by Gasteiger charge is 2.18. The molecule has 0 bridgehead atoms. The highest BCUT2D eigenvalue weighted by Crippen LogP contribution is 2.32. The average molecular weight is 210 g/mol. The summed E-state index contributed by atoms with van der Waals surface area (Å²) < 4.78 is 32.2. The molecule has 1 aliphatic rings. The molecule has 1 aromatic carbocycles. The van der Waals surface area contributed by atoms with E-state index in [1.807, 2.05) is 0 Å². The zero-order valence-electron chi connectivity index (χ0n) is 11.2. The third kappa shape index (κ3) is 1.80. The van der Waals surface area contributed by atoms with Gasteiger partial charge in [0, 0.05) is 6.93 Å². The van der Waals surface area contributed by atoms with Crippen molar-refractivity contribution in [3.05, 3.63) is 23.8 Å². The van der Waals surface area contributed by atoms with Crippen LogP contribution in [0.5, 0.6) is 11.5 Å². The van der Waals surface area contributed by atoms with E-state index in [0.29, 0.717) is 11.5 Å². The second-order valence-electron chi connectivity index (χ2n) is 3.12. The standard InChI is InChI=1S/C11H13NO3/c1-7(12-2)11(13)8-3-4-9-10(5-8)15-6-14-9/h3-5,7,12H,6H2,1-2H3/i2D,6D,7D. The molecule has 0 spiro atoms. The summed E-state index contributed by atoms with van der Waals surface area (Å²) in [5.41, 5.74) is 0.282. The lowest BCUT2D eigenvalue weighted by Crippen LogP contribution is -2.30. The van der Waals surface area contributed by atoms with E-state index in [9.17, 15) is 4.79 Å². The number of benzene rings is 1. The number of hydrogen-bond acceptors (Lipinski definition) is 4. The van der Waals surface area contributed by atoms with Crippen molar-refractivity contribution >= 4 is 5.78 Å². The lowest BCUT2D eigenvalue weighted by molar-refractivity contribution is 0.0954. The van der Waals surface area contributed by atoms with Gasteiger partial charge in [-0.2, -0.15) is 0 Å². The van der Waals surface area contributed by atoms with E-state index < -0.39 is 18.6 Å². The van der Waals surface area contributed by atoms with Gasteiger partial charge >= 0.3 is 0 Å². The van der Waals surface area contributed by atoms with Gasteiger partial charge in [0.15, 0.2) is 17.3 Å². The molecule has 4 heteroatoms. The van der Waals surface area contributed by atoms with Gasteiger partial charge in [-0.05, 0) is 32.1 Å². The van der Waals surface area contributed by atoms with Gasteiger partial charge in [-0.25, -0.2) is 0 Å². The predicted octanol–water partition coefficient (Wildman–Crippen LogP) is 1.21. The number of ketones is 1. The maximum atomic E-state index is 12.1. The zero-order valence-corrected chi connectivity index (χ0v) is 8.24. The minimum atomic E-state index is -1.56. The van der Waals surface area contributed by atoms with Crippen LogP contribution in [0.1, 0.15) is 21.4 Å². The van der Waals surface area contributed by atoms with Crippen molar-refractivity contribution in [2.75, 3.05) is 13.8 Å². The highest BCUT2D eigenvalue weighted by molar-refractivity contribution is 6.00. The van der Waals surface area contributed by atoms with Crippen LogP contribution in [0, 0.1) is 0 Å². The molecule has 80 valence electrons. The SMILES string of the molecule is [2H]CNC([2H])(C)C(=O)c1ccc2c(c1)OC([2H])O2. The van der Waals surface area contributed by atoms with Gasteiger partial charge in [-0.15, -0.1) is 0 Å². The van der Waals surface area contributed by atoms with Crippen LogP contribution in [-0.2, 0) is 0 Å². The fraction of sp³-hybridized carbons (Fsp3) is 0.364. The van der Waals surface area contributed by atoms with E-state index in [1.165, 1.54) is 25.1 Å². The van der Waals surface area contributed by atoms with Crippen molar-refractivity contribution in [3.63, 3.8) is 0 Å². The first-order chi connectivity index (χ1) is 8.44. The molecule has 1 aromatic rings. The predicted molar refractivity (Wildman–Crippen MR) is 55.4 cm³/mol. The molecule has 0 saturated carbocycles. The Balaban J connectivity index is 2.25. The first kappa shape index (κ1) is 6.85. The summed E-state index contributed by atoms with van der Waals surface area (Å²) >= 11 is 0. The van der Waals surface area contributed by atoms with Crippen LogP contribution in [0.3, 0.4) is 0 Å². The van der Waals surface area contributed by atoms with Gasteiger partial charge in [0.05, 0.1) is 7.39 Å². The van der Waals surface area contributed by atoms with E-state index in [0.717, 1.165) is 0 Å². The van der Waals surface area contributed by atoms with Crippen LogP contribution >= 0.6 is 0 Å². The molecule has 4 nitrogen and oxygen atoms in total. The normalized spacial score (nSPS) is 24.9. The number of carbonyl (C=O) groups is 1. The number of hydrogen-bond donors (Lipinski definition) is 1. The van der Waals surface area contributed by atoms with Gasteiger partial charge in [0.2, 0.25) is 6.77 Å². The van der Waals surface area contributed by atoms with Gasteiger partial charge in [-0.3, -0.25) is 4.79 Å². The highest BCUT2D eigenvalue weighted by atomic mass is 16.7. The van der Waals surface area contributed by atoms with Crippen LogP contribution in [-0.4, -0.2) is 25.6 Å². The monoisotopic (exact) mass is 210 g/mol. The van der Waals surface area contributed by atoms with Crippen molar-refractivity contribution in [1.82, 2.24) is 5.32 Å². The Bertz CT molecular complexity index is 479. The molecule has 0 amide bonds. The second kappa shape index (κ2) is 3.90. The first-order valence-corrected chi connectivity index (χ1v) is 4.43. The van der Waals surface area contributed by atoms with E-state index in [4.69, 9.17) is 13.6 Å². The van der Waals surface area contributed by atoms with E-state index in [1.54, 1.807) is 0 Å². The number of ether oxygens (including phenoxy) is 2.